The van der Waals surface area contributed by atoms with Crippen molar-refractivity contribution in [3.63, 3.8) is 0 Å². The highest BCUT2D eigenvalue weighted by Gasteiger charge is 2.28. The van der Waals surface area contributed by atoms with Crippen LogP contribution in [0.25, 0.3) is 0 Å². The van der Waals surface area contributed by atoms with Gasteiger partial charge < -0.3 is 24.8 Å². The maximum atomic E-state index is 12.7. The van der Waals surface area contributed by atoms with Gasteiger partial charge in [0.15, 0.2) is 15.7 Å². The van der Waals surface area contributed by atoms with Crippen molar-refractivity contribution >= 4 is 50.3 Å². The Labute approximate surface area is 215 Å². The average Bonchev–Trinajstić information content (AvgIpc) is 3.16. The molecule has 3 aliphatic rings. The molecule has 1 amide bonds. The third kappa shape index (κ3) is 4.72. The highest BCUT2D eigenvalue weighted by atomic mass is 32.2. The number of sulfone groups is 1. The van der Waals surface area contributed by atoms with E-state index in [1.54, 1.807) is 18.1 Å². The number of rotatable bonds is 4. The van der Waals surface area contributed by atoms with Crippen LogP contribution in [-0.2, 0) is 30.9 Å². The Hall–Kier alpha value is -3.70. The van der Waals surface area contributed by atoms with Gasteiger partial charge in [-0.15, -0.1) is 0 Å². The Balaban J connectivity index is 1.31. The lowest BCUT2D eigenvalue weighted by Gasteiger charge is -2.30. The van der Waals surface area contributed by atoms with Crippen LogP contribution in [0.5, 0.6) is 0 Å². The molecule has 192 valence electrons. The predicted molar refractivity (Wildman–Crippen MR) is 143 cm³/mol. The molecular weight excluding hydrogens is 492 g/mol. The van der Waals surface area contributed by atoms with Crippen LogP contribution in [0.15, 0.2) is 48.7 Å². The number of ether oxygens (including phenoxy) is 1. The summed E-state index contributed by atoms with van der Waals surface area (Å²) in [4.78, 5) is 27.9. The molecule has 3 aromatic rings. The van der Waals surface area contributed by atoms with E-state index in [0.29, 0.717) is 30.4 Å². The minimum absolute atomic E-state index is 0.00201. The van der Waals surface area contributed by atoms with E-state index in [1.165, 1.54) is 0 Å². The Morgan fingerprint density at radius 3 is 2.46 bits per heavy atom. The fourth-order valence-electron chi connectivity index (χ4n) is 5.03. The van der Waals surface area contributed by atoms with Gasteiger partial charge in [0, 0.05) is 50.2 Å². The SMILES string of the molecule is CN1C(=O)CCN(c2ccc(N3CCOCC3)cc2)c2nc(Nc3ccc4c(c3)CS(=O)(=O)C4)ncc21. The van der Waals surface area contributed by atoms with E-state index in [2.05, 4.69) is 39.5 Å². The number of aromatic nitrogens is 2. The van der Waals surface area contributed by atoms with E-state index in [-0.39, 0.29) is 17.4 Å². The van der Waals surface area contributed by atoms with Gasteiger partial charge in [0.25, 0.3) is 0 Å². The van der Waals surface area contributed by atoms with Gasteiger partial charge in [-0.25, -0.2) is 13.4 Å². The van der Waals surface area contributed by atoms with Gasteiger partial charge in [-0.1, -0.05) is 6.07 Å². The van der Waals surface area contributed by atoms with Crippen molar-refractivity contribution in [1.29, 1.82) is 0 Å². The molecule has 0 bridgehead atoms. The number of nitrogens with zero attached hydrogens (tertiary/aromatic N) is 5. The Bertz CT molecular complexity index is 1450. The van der Waals surface area contributed by atoms with Crippen LogP contribution in [-0.4, -0.2) is 64.2 Å². The lowest BCUT2D eigenvalue weighted by Crippen LogP contribution is -2.36. The molecule has 0 unspecified atom stereocenters. The number of amides is 1. The minimum atomic E-state index is -3.08. The van der Waals surface area contributed by atoms with Crippen LogP contribution < -0.4 is 20.0 Å². The van der Waals surface area contributed by atoms with Crippen molar-refractivity contribution in [2.75, 3.05) is 59.9 Å². The zero-order valence-electron chi connectivity index (χ0n) is 20.6. The minimum Gasteiger partial charge on any atom is -0.378 e. The van der Waals surface area contributed by atoms with Crippen LogP contribution in [0.1, 0.15) is 17.5 Å². The van der Waals surface area contributed by atoms with Gasteiger partial charge in [-0.3, -0.25) is 4.79 Å². The maximum Gasteiger partial charge on any atom is 0.229 e. The summed E-state index contributed by atoms with van der Waals surface area (Å²) in [6.45, 7) is 3.66. The lowest BCUT2D eigenvalue weighted by atomic mass is 10.1. The summed E-state index contributed by atoms with van der Waals surface area (Å²) in [5.41, 5.74) is 5.06. The number of carbonyl (C=O) groups is 1. The van der Waals surface area contributed by atoms with Gasteiger partial charge in [-0.2, -0.15) is 4.98 Å². The zero-order chi connectivity index (χ0) is 25.6. The van der Waals surface area contributed by atoms with Crippen molar-refractivity contribution in [2.24, 2.45) is 0 Å². The number of hydrogen-bond donors (Lipinski definition) is 1. The highest BCUT2D eigenvalue weighted by Crippen LogP contribution is 2.37. The van der Waals surface area contributed by atoms with E-state index in [0.717, 1.165) is 54.5 Å². The van der Waals surface area contributed by atoms with Crippen LogP contribution in [0, 0.1) is 0 Å². The van der Waals surface area contributed by atoms with E-state index < -0.39 is 9.84 Å². The monoisotopic (exact) mass is 520 g/mol. The molecule has 0 aliphatic carbocycles. The highest BCUT2D eigenvalue weighted by molar-refractivity contribution is 7.90. The van der Waals surface area contributed by atoms with Crippen molar-refractivity contribution in [1.82, 2.24) is 9.97 Å². The summed E-state index contributed by atoms with van der Waals surface area (Å²) >= 11 is 0. The Morgan fingerprint density at radius 2 is 1.68 bits per heavy atom. The van der Waals surface area contributed by atoms with Gasteiger partial charge in [0.1, 0.15) is 5.69 Å². The standard InChI is InChI=1S/C26H28N6O4S/c1-30-23-15-27-26(28-20-3-2-18-16-37(34,35)17-19(18)14-20)29-25(23)32(9-8-24(30)33)22-6-4-21(5-7-22)31-10-12-36-13-11-31/h2-7,14-15H,8-13,16-17H2,1H3,(H,27,28,29). The Kier molecular flexibility index (Phi) is 5.96. The lowest BCUT2D eigenvalue weighted by molar-refractivity contribution is -0.118. The molecule has 6 rings (SSSR count). The van der Waals surface area contributed by atoms with Crippen molar-refractivity contribution in [3.05, 3.63) is 59.8 Å². The first-order valence-corrected chi connectivity index (χ1v) is 14.1. The Morgan fingerprint density at radius 1 is 0.946 bits per heavy atom. The molecule has 37 heavy (non-hydrogen) atoms. The summed E-state index contributed by atoms with van der Waals surface area (Å²) in [5.74, 6) is 1.13. The number of hydrogen-bond acceptors (Lipinski definition) is 9. The molecule has 11 heteroatoms. The summed E-state index contributed by atoms with van der Waals surface area (Å²) < 4.78 is 29.5. The molecule has 3 aliphatic heterocycles. The number of anilines is 6. The van der Waals surface area contributed by atoms with Gasteiger partial charge in [-0.05, 0) is 47.5 Å². The second kappa shape index (κ2) is 9.31. The van der Waals surface area contributed by atoms with Crippen molar-refractivity contribution in [3.8, 4) is 0 Å². The van der Waals surface area contributed by atoms with Crippen LogP contribution in [0.3, 0.4) is 0 Å². The number of benzene rings is 2. The molecule has 1 fully saturated rings. The third-order valence-electron chi connectivity index (χ3n) is 7.04. The average molecular weight is 521 g/mol. The molecule has 2 aromatic carbocycles. The normalized spacial score (nSPS) is 18.8. The first-order valence-electron chi connectivity index (χ1n) is 12.3. The molecule has 1 saturated heterocycles. The molecule has 1 N–H and O–H groups in total. The summed E-state index contributed by atoms with van der Waals surface area (Å²) in [7, 11) is -1.34. The number of fused-ring (bicyclic) bond motifs is 2. The van der Waals surface area contributed by atoms with Gasteiger partial charge >= 0.3 is 0 Å². The molecule has 0 saturated carbocycles. The smallest absolute Gasteiger partial charge is 0.229 e. The summed E-state index contributed by atoms with van der Waals surface area (Å²) in [6.07, 6.45) is 2.00. The second-order valence-corrected chi connectivity index (χ2v) is 11.6. The van der Waals surface area contributed by atoms with Crippen molar-refractivity contribution < 1.29 is 17.9 Å². The largest absolute Gasteiger partial charge is 0.378 e. The predicted octanol–water partition coefficient (Wildman–Crippen LogP) is 2.99. The van der Waals surface area contributed by atoms with E-state index >= 15 is 0 Å². The van der Waals surface area contributed by atoms with Gasteiger partial charge in [0.2, 0.25) is 11.9 Å². The molecule has 0 spiro atoms. The zero-order valence-corrected chi connectivity index (χ0v) is 21.4. The number of nitrogens with one attached hydrogen (secondary N) is 1. The fraction of sp³-hybridized carbons (Fsp3) is 0.346. The third-order valence-corrected chi connectivity index (χ3v) is 8.54. The first-order chi connectivity index (χ1) is 17.9. The topological polar surface area (TPSA) is 108 Å². The van der Waals surface area contributed by atoms with Crippen LogP contribution in [0.2, 0.25) is 0 Å². The quantitative estimate of drug-likeness (QED) is 0.555. The van der Waals surface area contributed by atoms with E-state index in [1.807, 2.05) is 23.1 Å². The van der Waals surface area contributed by atoms with Crippen LogP contribution >= 0.6 is 0 Å². The van der Waals surface area contributed by atoms with Crippen LogP contribution in [0.4, 0.5) is 34.5 Å². The number of carbonyl (C=O) groups excluding carboxylic acids is 1. The fourth-order valence-corrected chi connectivity index (χ4v) is 6.63. The molecule has 10 nitrogen and oxygen atoms in total. The molecule has 0 radical (unpaired) electrons. The van der Waals surface area contributed by atoms with Crippen molar-refractivity contribution in [2.45, 2.75) is 17.9 Å². The molecular formula is C26H28N6O4S. The first kappa shape index (κ1) is 23.7. The van der Waals surface area contributed by atoms with E-state index in [4.69, 9.17) is 9.72 Å². The molecule has 1 aromatic heterocycles. The summed E-state index contributed by atoms with van der Waals surface area (Å²) in [5, 5.41) is 3.22. The van der Waals surface area contributed by atoms with Gasteiger partial charge in [0.05, 0.1) is 30.9 Å². The molecule has 0 atom stereocenters. The number of morpholine rings is 1. The second-order valence-electron chi connectivity index (χ2n) is 9.51. The summed E-state index contributed by atoms with van der Waals surface area (Å²) in [6, 6.07) is 13.8. The molecule has 4 heterocycles. The maximum absolute atomic E-state index is 12.7. The van der Waals surface area contributed by atoms with E-state index in [9.17, 15) is 13.2 Å².